The molecule has 0 bridgehead atoms. The molecule has 0 saturated carbocycles. The molecule has 0 fully saturated rings. The van der Waals surface area contributed by atoms with E-state index in [1.54, 1.807) is 6.26 Å². The summed E-state index contributed by atoms with van der Waals surface area (Å²) in [5, 5.41) is 7.34. The maximum atomic E-state index is 5.00. The van der Waals surface area contributed by atoms with Crippen molar-refractivity contribution in [3.63, 3.8) is 0 Å². The summed E-state index contributed by atoms with van der Waals surface area (Å²) in [6.45, 7) is 8.63. The molecular weight excluding hydrogens is 164 g/mol. The first kappa shape index (κ1) is 8.75. The smallest absolute Gasteiger partial charge is 0.127 e. The molecule has 2 rings (SSSR count). The van der Waals surface area contributed by atoms with E-state index in [4.69, 9.17) is 4.52 Å². The Kier molecular flexibility index (Phi) is 1.91. The number of hydrogen-bond acceptors (Lipinski definition) is 3. The average Bonchev–Trinajstić information content (AvgIpc) is 2.48. The van der Waals surface area contributed by atoms with E-state index in [1.807, 2.05) is 0 Å². The van der Waals surface area contributed by atoms with Crippen LogP contribution in [0, 0.1) is 5.41 Å². The summed E-state index contributed by atoms with van der Waals surface area (Å²) >= 11 is 0. The third kappa shape index (κ3) is 1.48. The van der Waals surface area contributed by atoms with Crippen LogP contribution in [0.15, 0.2) is 10.8 Å². The van der Waals surface area contributed by atoms with Crippen LogP contribution in [0.1, 0.15) is 37.9 Å². The molecule has 72 valence electrons. The van der Waals surface area contributed by atoms with Crippen LogP contribution >= 0.6 is 0 Å². The minimum atomic E-state index is 0.272. The molecule has 13 heavy (non-hydrogen) atoms. The topological polar surface area (TPSA) is 38.1 Å². The maximum Gasteiger partial charge on any atom is 0.127 e. The van der Waals surface area contributed by atoms with Gasteiger partial charge in [-0.2, -0.15) is 0 Å². The summed E-state index contributed by atoms with van der Waals surface area (Å²) in [6.07, 6.45) is 1.80. The van der Waals surface area contributed by atoms with Crippen LogP contribution in [0.3, 0.4) is 0 Å². The molecule has 1 N–H and O–H groups in total. The van der Waals surface area contributed by atoms with Gasteiger partial charge < -0.3 is 9.84 Å². The standard InChI is InChI=1S/C10H16N2O/c1-10(2,3)8-4-11-5-9-7(8)6-13-12-9/h6,8,11H,4-5H2,1-3H3. The molecule has 1 aliphatic rings. The van der Waals surface area contributed by atoms with Gasteiger partial charge in [0.05, 0.1) is 0 Å². The zero-order valence-electron chi connectivity index (χ0n) is 8.42. The molecule has 0 aromatic carbocycles. The predicted molar refractivity (Wildman–Crippen MR) is 50.4 cm³/mol. The van der Waals surface area contributed by atoms with Gasteiger partial charge in [-0.05, 0) is 5.41 Å². The second kappa shape index (κ2) is 2.84. The predicted octanol–water partition coefficient (Wildman–Crippen LogP) is 1.91. The van der Waals surface area contributed by atoms with Crippen LogP contribution in [0.4, 0.5) is 0 Å². The van der Waals surface area contributed by atoms with Crippen molar-refractivity contribution in [1.82, 2.24) is 10.5 Å². The normalized spacial score (nSPS) is 22.8. The number of fused-ring (bicyclic) bond motifs is 1. The van der Waals surface area contributed by atoms with Crippen molar-refractivity contribution in [2.75, 3.05) is 6.54 Å². The molecular formula is C10H16N2O. The highest BCUT2D eigenvalue weighted by Gasteiger charge is 2.32. The van der Waals surface area contributed by atoms with Crippen LogP contribution in [-0.4, -0.2) is 11.7 Å². The summed E-state index contributed by atoms with van der Waals surface area (Å²) in [7, 11) is 0. The number of rotatable bonds is 0. The first-order valence-corrected chi connectivity index (χ1v) is 4.73. The lowest BCUT2D eigenvalue weighted by atomic mass is 9.75. The Morgan fingerprint density at radius 3 is 3.00 bits per heavy atom. The van der Waals surface area contributed by atoms with Gasteiger partial charge in [0, 0.05) is 24.6 Å². The second-order valence-electron chi connectivity index (χ2n) is 4.77. The van der Waals surface area contributed by atoms with Gasteiger partial charge in [0.25, 0.3) is 0 Å². The van der Waals surface area contributed by atoms with Gasteiger partial charge in [-0.1, -0.05) is 25.9 Å². The third-order valence-corrected chi connectivity index (χ3v) is 2.74. The molecule has 0 aliphatic carbocycles. The van der Waals surface area contributed by atoms with Crippen molar-refractivity contribution in [3.05, 3.63) is 17.5 Å². The molecule has 1 atom stereocenters. The Hall–Kier alpha value is -0.830. The maximum absolute atomic E-state index is 5.00. The molecule has 1 aromatic heterocycles. The van der Waals surface area contributed by atoms with E-state index in [0.717, 1.165) is 18.8 Å². The van der Waals surface area contributed by atoms with E-state index >= 15 is 0 Å². The quantitative estimate of drug-likeness (QED) is 0.662. The molecule has 0 amide bonds. The Morgan fingerprint density at radius 1 is 1.54 bits per heavy atom. The minimum absolute atomic E-state index is 0.272. The fourth-order valence-electron chi connectivity index (χ4n) is 1.90. The van der Waals surface area contributed by atoms with Crippen LogP contribution in [-0.2, 0) is 6.54 Å². The molecule has 3 nitrogen and oxygen atoms in total. The van der Waals surface area contributed by atoms with Crippen molar-refractivity contribution >= 4 is 0 Å². The van der Waals surface area contributed by atoms with E-state index in [-0.39, 0.29) is 5.41 Å². The van der Waals surface area contributed by atoms with Gasteiger partial charge in [-0.25, -0.2) is 0 Å². The average molecular weight is 180 g/mol. The van der Waals surface area contributed by atoms with Crippen molar-refractivity contribution in [2.45, 2.75) is 33.2 Å². The molecule has 1 aromatic rings. The molecule has 2 heterocycles. The Morgan fingerprint density at radius 2 is 2.31 bits per heavy atom. The highest BCUT2D eigenvalue weighted by atomic mass is 16.5. The fourth-order valence-corrected chi connectivity index (χ4v) is 1.90. The Labute approximate surface area is 78.5 Å². The Bertz CT molecular complexity index is 298. The molecule has 1 unspecified atom stereocenters. The van der Waals surface area contributed by atoms with Crippen molar-refractivity contribution < 1.29 is 4.52 Å². The van der Waals surface area contributed by atoms with Gasteiger partial charge in [0.2, 0.25) is 0 Å². The lowest BCUT2D eigenvalue weighted by molar-refractivity contribution is 0.295. The number of nitrogens with one attached hydrogen (secondary N) is 1. The van der Waals surface area contributed by atoms with Crippen molar-refractivity contribution in [3.8, 4) is 0 Å². The van der Waals surface area contributed by atoms with E-state index in [0.29, 0.717) is 5.92 Å². The summed E-state index contributed by atoms with van der Waals surface area (Å²) in [4.78, 5) is 0. The lowest BCUT2D eigenvalue weighted by Crippen LogP contribution is -2.34. The summed E-state index contributed by atoms with van der Waals surface area (Å²) < 4.78 is 5.00. The molecule has 1 aliphatic heterocycles. The highest BCUT2D eigenvalue weighted by Crippen LogP contribution is 2.37. The van der Waals surface area contributed by atoms with Crippen LogP contribution < -0.4 is 5.32 Å². The zero-order valence-corrected chi connectivity index (χ0v) is 8.42. The fraction of sp³-hybridized carbons (Fsp3) is 0.700. The molecule has 0 radical (unpaired) electrons. The largest absolute Gasteiger partial charge is 0.364 e. The SMILES string of the molecule is CC(C)(C)C1CNCc2nocc21. The van der Waals surface area contributed by atoms with E-state index in [9.17, 15) is 0 Å². The van der Waals surface area contributed by atoms with Gasteiger partial charge in [0.15, 0.2) is 0 Å². The monoisotopic (exact) mass is 180 g/mol. The summed E-state index contributed by atoms with van der Waals surface area (Å²) in [6, 6.07) is 0. The van der Waals surface area contributed by atoms with E-state index < -0.39 is 0 Å². The zero-order chi connectivity index (χ0) is 9.47. The van der Waals surface area contributed by atoms with E-state index in [1.165, 1.54) is 5.56 Å². The van der Waals surface area contributed by atoms with Gasteiger partial charge in [-0.3, -0.25) is 0 Å². The Balaban J connectivity index is 2.35. The number of nitrogens with zero attached hydrogens (tertiary/aromatic N) is 1. The molecule has 0 spiro atoms. The van der Waals surface area contributed by atoms with Crippen molar-refractivity contribution in [2.24, 2.45) is 5.41 Å². The van der Waals surface area contributed by atoms with Crippen LogP contribution in [0.25, 0.3) is 0 Å². The summed E-state index contributed by atoms with van der Waals surface area (Å²) in [5.41, 5.74) is 2.63. The van der Waals surface area contributed by atoms with Gasteiger partial charge in [-0.15, -0.1) is 0 Å². The molecule has 0 saturated heterocycles. The van der Waals surface area contributed by atoms with Gasteiger partial charge >= 0.3 is 0 Å². The second-order valence-corrected chi connectivity index (χ2v) is 4.77. The lowest BCUT2D eigenvalue weighted by Gasteiger charge is -2.33. The first-order chi connectivity index (χ1) is 6.09. The summed E-state index contributed by atoms with van der Waals surface area (Å²) in [5.74, 6) is 0.516. The van der Waals surface area contributed by atoms with Crippen molar-refractivity contribution in [1.29, 1.82) is 0 Å². The highest BCUT2D eigenvalue weighted by molar-refractivity contribution is 5.24. The van der Waals surface area contributed by atoms with Crippen LogP contribution in [0.2, 0.25) is 0 Å². The number of hydrogen-bond donors (Lipinski definition) is 1. The van der Waals surface area contributed by atoms with E-state index in [2.05, 4.69) is 31.2 Å². The van der Waals surface area contributed by atoms with Gasteiger partial charge in [0.1, 0.15) is 12.0 Å². The third-order valence-electron chi connectivity index (χ3n) is 2.74. The first-order valence-electron chi connectivity index (χ1n) is 4.73. The van der Waals surface area contributed by atoms with Crippen LogP contribution in [0.5, 0.6) is 0 Å². The molecule has 3 heteroatoms. The number of aromatic nitrogens is 1. The minimum Gasteiger partial charge on any atom is -0.364 e.